The normalized spacial score (nSPS) is 23.7. The number of carbonyl (C=O) groups is 1. The van der Waals surface area contributed by atoms with Gasteiger partial charge in [-0.05, 0) is 36.0 Å². The Balaban J connectivity index is 1.51. The third-order valence-corrected chi connectivity index (χ3v) is 5.55. The summed E-state index contributed by atoms with van der Waals surface area (Å²) in [4.78, 5) is 22.7. The fourth-order valence-corrected chi connectivity index (χ4v) is 4.07. The zero-order valence-corrected chi connectivity index (χ0v) is 15.8. The van der Waals surface area contributed by atoms with E-state index in [-0.39, 0.29) is 18.2 Å². The Bertz CT molecular complexity index is 989. The summed E-state index contributed by atoms with van der Waals surface area (Å²) in [5.41, 5.74) is 2.68. The van der Waals surface area contributed by atoms with E-state index in [9.17, 15) is 14.9 Å². The van der Waals surface area contributed by atoms with Crippen molar-refractivity contribution in [2.75, 3.05) is 6.61 Å². The van der Waals surface area contributed by atoms with E-state index in [0.29, 0.717) is 17.4 Å². The van der Waals surface area contributed by atoms with Crippen LogP contribution in [-0.4, -0.2) is 17.5 Å². The van der Waals surface area contributed by atoms with E-state index < -0.39 is 10.9 Å². The van der Waals surface area contributed by atoms with Gasteiger partial charge in [-0.25, -0.2) is 4.79 Å². The molecule has 29 heavy (non-hydrogen) atoms. The molecule has 0 aromatic heterocycles. The lowest BCUT2D eigenvalue weighted by atomic mass is 9.90. The smallest absolute Gasteiger partial charge is 0.338 e. The maximum absolute atomic E-state index is 12.5. The Hall–Kier alpha value is -3.47. The first-order valence-electron chi connectivity index (χ1n) is 9.65. The summed E-state index contributed by atoms with van der Waals surface area (Å²) in [5, 5.41) is 10.8. The summed E-state index contributed by atoms with van der Waals surface area (Å²) in [6.07, 6.45) is 11.8. The molecule has 0 N–H and O–H groups in total. The minimum atomic E-state index is -0.489. The standard InChI is InChI=1S/C24H21NO4/c26-24(18-10-12-21(13-11-18)25(27)28)29-16-23-20-9-5-4-8-19(15-20)22(23)14-17-6-2-1-3-7-17/h1-14,19-20,23H,15-16H2/b22-14+/t19-,20+,23+/m0/s1. The van der Waals surface area contributed by atoms with Crippen molar-refractivity contribution < 1.29 is 14.5 Å². The van der Waals surface area contributed by atoms with Crippen LogP contribution in [0.3, 0.4) is 0 Å². The molecule has 0 heterocycles. The maximum atomic E-state index is 12.5. The molecule has 146 valence electrons. The number of fused-ring (bicyclic) bond motifs is 2. The minimum absolute atomic E-state index is 0.0487. The number of hydrogen-bond donors (Lipinski definition) is 0. The largest absolute Gasteiger partial charge is 0.461 e. The average molecular weight is 387 g/mol. The van der Waals surface area contributed by atoms with Crippen molar-refractivity contribution in [2.24, 2.45) is 17.8 Å². The highest BCUT2D eigenvalue weighted by molar-refractivity contribution is 5.89. The lowest BCUT2D eigenvalue weighted by Crippen LogP contribution is -2.18. The molecule has 0 saturated heterocycles. The van der Waals surface area contributed by atoms with Gasteiger partial charge < -0.3 is 4.74 Å². The molecule has 0 spiro atoms. The van der Waals surface area contributed by atoms with Gasteiger partial charge in [-0.15, -0.1) is 0 Å². The Morgan fingerprint density at radius 3 is 2.52 bits per heavy atom. The molecule has 2 aromatic rings. The number of benzene rings is 2. The van der Waals surface area contributed by atoms with E-state index in [1.807, 2.05) is 18.2 Å². The van der Waals surface area contributed by atoms with Gasteiger partial charge in [0.05, 0.1) is 17.1 Å². The first kappa shape index (κ1) is 18.9. The lowest BCUT2D eigenvalue weighted by molar-refractivity contribution is -0.384. The van der Waals surface area contributed by atoms with Crippen LogP contribution in [0.25, 0.3) is 6.08 Å². The Labute approximate surface area is 169 Å². The highest BCUT2D eigenvalue weighted by Crippen LogP contribution is 2.45. The number of nitro benzene ring substituents is 1. The second-order valence-electron chi connectivity index (χ2n) is 7.34. The van der Waals surface area contributed by atoms with E-state index in [1.54, 1.807) is 0 Å². The molecule has 1 fully saturated rings. The van der Waals surface area contributed by atoms with E-state index in [4.69, 9.17) is 4.74 Å². The average Bonchev–Trinajstić information content (AvgIpc) is 2.90. The van der Waals surface area contributed by atoms with E-state index in [0.717, 1.165) is 12.0 Å². The Morgan fingerprint density at radius 1 is 1.07 bits per heavy atom. The number of hydrogen-bond acceptors (Lipinski definition) is 4. The van der Waals surface area contributed by atoms with E-state index in [1.165, 1.54) is 29.8 Å². The van der Waals surface area contributed by atoms with Crippen molar-refractivity contribution in [3.8, 4) is 0 Å². The molecular formula is C24H21NO4. The van der Waals surface area contributed by atoms with Gasteiger partial charge in [0, 0.05) is 18.1 Å². The van der Waals surface area contributed by atoms with Crippen LogP contribution in [0.4, 0.5) is 5.69 Å². The van der Waals surface area contributed by atoms with Crippen LogP contribution in [0.5, 0.6) is 0 Å². The first-order chi connectivity index (χ1) is 14.1. The molecule has 5 heteroatoms. The minimum Gasteiger partial charge on any atom is -0.461 e. The number of esters is 1. The predicted molar refractivity (Wildman–Crippen MR) is 111 cm³/mol. The lowest BCUT2D eigenvalue weighted by Gasteiger charge is -2.20. The fraction of sp³-hybridized carbons (Fsp3) is 0.208. The van der Waals surface area contributed by atoms with Gasteiger partial charge in [-0.2, -0.15) is 0 Å². The van der Waals surface area contributed by atoms with Gasteiger partial charge in [0.15, 0.2) is 0 Å². The summed E-state index contributed by atoms with van der Waals surface area (Å²) in [7, 11) is 0. The number of rotatable bonds is 5. The van der Waals surface area contributed by atoms with Gasteiger partial charge in [0.2, 0.25) is 0 Å². The summed E-state index contributed by atoms with van der Waals surface area (Å²) in [6, 6.07) is 15.7. The second kappa shape index (κ2) is 8.27. The van der Waals surface area contributed by atoms with Crippen LogP contribution in [0.1, 0.15) is 22.3 Å². The van der Waals surface area contributed by atoms with Crippen LogP contribution in [-0.2, 0) is 4.74 Å². The molecule has 0 unspecified atom stereocenters. The summed E-state index contributed by atoms with van der Waals surface area (Å²) in [5.74, 6) is 0.300. The summed E-state index contributed by atoms with van der Waals surface area (Å²) >= 11 is 0. The molecule has 2 aromatic carbocycles. The van der Waals surface area contributed by atoms with E-state index >= 15 is 0 Å². The van der Waals surface area contributed by atoms with Gasteiger partial charge >= 0.3 is 5.97 Å². The van der Waals surface area contributed by atoms with Crippen molar-refractivity contribution in [2.45, 2.75) is 6.42 Å². The number of nitro groups is 1. The molecule has 0 radical (unpaired) electrons. The van der Waals surface area contributed by atoms with Gasteiger partial charge in [0.25, 0.3) is 5.69 Å². The van der Waals surface area contributed by atoms with Gasteiger partial charge in [-0.1, -0.05) is 66.3 Å². The molecule has 2 aliphatic rings. The maximum Gasteiger partial charge on any atom is 0.338 e. The predicted octanol–water partition coefficient (Wildman–Crippen LogP) is 5.21. The Morgan fingerprint density at radius 2 is 1.79 bits per heavy atom. The number of ether oxygens (including phenoxy) is 1. The van der Waals surface area contributed by atoms with Gasteiger partial charge in [-0.3, -0.25) is 10.1 Å². The fourth-order valence-electron chi connectivity index (χ4n) is 4.07. The quantitative estimate of drug-likeness (QED) is 0.401. The number of nitrogens with zero attached hydrogens (tertiary/aromatic N) is 1. The van der Waals surface area contributed by atoms with E-state index in [2.05, 4.69) is 42.5 Å². The number of carbonyl (C=O) groups excluding carboxylic acids is 1. The number of non-ortho nitro benzene ring substituents is 1. The van der Waals surface area contributed by atoms with Crippen molar-refractivity contribution in [1.82, 2.24) is 0 Å². The number of allylic oxidation sites excluding steroid dienone is 4. The first-order valence-corrected chi connectivity index (χ1v) is 9.65. The van der Waals surface area contributed by atoms with Crippen molar-refractivity contribution >= 4 is 17.7 Å². The third kappa shape index (κ3) is 4.19. The molecule has 5 nitrogen and oxygen atoms in total. The molecule has 2 bridgehead atoms. The zero-order valence-electron chi connectivity index (χ0n) is 15.8. The van der Waals surface area contributed by atoms with Gasteiger partial charge in [0.1, 0.15) is 0 Å². The second-order valence-corrected chi connectivity index (χ2v) is 7.34. The molecular weight excluding hydrogens is 366 g/mol. The zero-order chi connectivity index (χ0) is 20.2. The van der Waals surface area contributed by atoms with Crippen LogP contribution in [0, 0.1) is 27.9 Å². The highest BCUT2D eigenvalue weighted by Gasteiger charge is 2.37. The molecule has 4 rings (SSSR count). The molecule has 1 saturated carbocycles. The SMILES string of the molecule is O=C(OC[C@H]1/C(=C/c2ccccc2)[C@H]2C=CC=C[C@@H]1C2)c1ccc([N+](=O)[O-])cc1. The van der Waals surface area contributed by atoms with Crippen LogP contribution in [0.2, 0.25) is 0 Å². The topological polar surface area (TPSA) is 69.4 Å². The highest BCUT2D eigenvalue weighted by atomic mass is 16.6. The van der Waals surface area contributed by atoms with Crippen LogP contribution in [0.15, 0.2) is 84.5 Å². The Kier molecular flexibility index (Phi) is 5.38. The van der Waals surface area contributed by atoms with Crippen molar-refractivity contribution in [3.63, 3.8) is 0 Å². The molecule has 0 amide bonds. The monoisotopic (exact) mass is 387 g/mol. The summed E-state index contributed by atoms with van der Waals surface area (Å²) in [6.45, 7) is 0.286. The third-order valence-electron chi connectivity index (χ3n) is 5.55. The van der Waals surface area contributed by atoms with Crippen molar-refractivity contribution in [1.29, 1.82) is 0 Å². The summed E-state index contributed by atoms with van der Waals surface area (Å²) < 4.78 is 5.62. The molecule has 2 aliphatic carbocycles. The molecule has 0 aliphatic heterocycles. The van der Waals surface area contributed by atoms with Crippen LogP contribution >= 0.6 is 0 Å². The van der Waals surface area contributed by atoms with Crippen molar-refractivity contribution in [3.05, 3.63) is 106 Å². The van der Waals surface area contributed by atoms with Crippen LogP contribution < -0.4 is 0 Å². The molecule has 3 atom stereocenters.